The van der Waals surface area contributed by atoms with E-state index in [0.717, 1.165) is 44.7 Å². The van der Waals surface area contributed by atoms with Gasteiger partial charge in [-0.15, -0.1) is 0 Å². The average molecular weight is 402 g/mol. The van der Waals surface area contributed by atoms with E-state index in [0.29, 0.717) is 24.2 Å². The number of hydrogen-bond donors (Lipinski definition) is 2. The maximum absolute atomic E-state index is 10.8. The van der Waals surface area contributed by atoms with Gasteiger partial charge in [-0.1, -0.05) is 0 Å². The first kappa shape index (κ1) is 20.5. The molecular formula is C19H22N4O6. The van der Waals surface area contributed by atoms with Gasteiger partial charge in [0.1, 0.15) is 11.5 Å². The second-order valence-corrected chi connectivity index (χ2v) is 7.05. The van der Waals surface area contributed by atoms with Crippen LogP contribution >= 0.6 is 0 Å². The highest BCUT2D eigenvalue weighted by Gasteiger charge is 2.19. The standard InChI is InChI=1S/C19H22N4O6/c24-18-10-16(22(26)27)4-2-14(18)12-20-6-1-7-21(9-8-20)13-15-3-5-17(23(28)29)11-19(15)25/h2-5,10-11,24-25H,1,6-9,12-13H2. The van der Waals surface area contributed by atoms with Gasteiger partial charge in [-0.05, 0) is 31.6 Å². The van der Waals surface area contributed by atoms with Crippen LogP contribution in [0.1, 0.15) is 17.5 Å². The van der Waals surface area contributed by atoms with Crippen molar-refractivity contribution in [3.63, 3.8) is 0 Å². The van der Waals surface area contributed by atoms with Crippen molar-refractivity contribution in [2.45, 2.75) is 19.5 Å². The molecule has 1 fully saturated rings. The van der Waals surface area contributed by atoms with E-state index in [9.17, 15) is 30.4 Å². The number of benzene rings is 2. The van der Waals surface area contributed by atoms with Crippen LogP contribution in [0.4, 0.5) is 11.4 Å². The van der Waals surface area contributed by atoms with Crippen molar-refractivity contribution in [3.05, 3.63) is 67.8 Å². The zero-order valence-electron chi connectivity index (χ0n) is 15.7. The number of phenols is 2. The van der Waals surface area contributed by atoms with Gasteiger partial charge in [0.15, 0.2) is 0 Å². The predicted octanol–water partition coefficient (Wildman–Crippen LogP) is 2.62. The van der Waals surface area contributed by atoms with Crippen LogP contribution in [0.15, 0.2) is 36.4 Å². The van der Waals surface area contributed by atoms with E-state index in [1.807, 2.05) is 0 Å². The highest BCUT2D eigenvalue weighted by Crippen LogP contribution is 2.26. The maximum atomic E-state index is 10.8. The Morgan fingerprint density at radius 3 is 1.52 bits per heavy atom. The van der Waals surface area contributed by atoms with E-state index in [-0.39, 0.29) is 22.9 Å². The molecule has 2 aromatic rings. The highest BCUT2D eigenvalue weighted by atomic mass is 16.6. The Morgan fingerprint density at radius 1 is 0.759 bits per heavy atom. The zero-order valence-corrected chi connectivity index (χ0v) is 15.7. The van der Waals surface area contributed by atoms with Crippen LogP contribution < -0.4 is 0 Å². The lowest BCUT2D eigenvalue weighted by Gasteiger charge is -2.22. The number of nitro groups is 2. The molecule has 0 saturated carbocycles. The number of rotatable bonds is 6. The molecule has 10 heteroatoms. The Morgan fingerprint density at radius 2 is 1.17 bits per heavy atom. The van der Waals surface area contributed by atoms with Gasteiger partial charge in [-0.3, -0.25) is 30.0 Å². The largest absolute Gasteiger partial charge is 0.507 e. The van der Waals surface area contributed by atoms with E-state index in [4.69, 9.17) is 0 Å². The van der Waals surface area contributed by atoms with Gasteiger partial charge in [0.25, 0.3) is 11.4 Å². The molecule has 1 aliphatic rings. The summed E-state index contributed by atoms with van der Waals surface area (Å²) in [7, 11) is 0. The molecule has 2 aromatic carbocycles. The van der Waals surface area contributed by atoms with Crippen molar-refractivity contribution >= 4 is 11.4 Å². The molecule has 3 rings (SSSR count). The predicted molar refractivity (Wildman–Crippen MR) is 105 cm³/mol. The van der Waals surface area contributed by atoms with Crippen LogP contribution in [0.25, 0.3) is 0 Å². The molecule has 0 bridgehead atoms. The van der Waals surface area contributed by atoms with Crippen molar-refractivity contribution in [1.82, 2.24) is 9.80 Å². The number of non-ortho nitro benzene ring substituents is 2. The fourth-order valence-corrected chi connectivity index (χ4v) is 3.42. The molecule has 1 saturated heterocycles. The molecule has 0 aliphatic carbocycles. The van der Waals surface area contributed by atoms with Crippen molar-refractivity contribution in [3.8, 4) is 11.5 Å². The fraction of sp³-hybridized carbons (Fsp3) is 0.368. The molecule has 0 atom stereocenters. The topological polar surface area (TPSA) is 133 Å². The molecule has 0 spiro atoms. The van der Waals surface area contributed by atoms with Gasteiger partial charge >= 0.3 is 0 Å². The van der Waals surface area contributed by atoms with Crippen LogP contribution in [0.3, 0.4) is 0 Å². The normalized spacial score (nSPS) is 15.7. The second-order valence-electron chi connectivity index (χ2n) is 7.05. The van der Waals surface area contributed by atoms with E-state index in [1.165, 1.54) is 12.1 Å². The Balaban J connectivity index is 1.59. The molecule has 0 radical (unpaired) electrons. The van der Waals surface area contributed by atoms with E-state index < -0.39 is 9.85 Å². The van der Waals surface area contributed by atoms with Gasteiger partial charge in [-0.2, -0.15) is 0 Å². The van der Waals surface area contributed by atoms with Crippen LogP contribution in [0, 0.1) is 20.2 Å². The van der Waals surface area contributed by atoms with Crippen molar-refractivity contribution in [2.75, 3.05) is 26.2 Å². The summed E-state index contributed by atoms with van der Waals surface area (Å²) in [4.78, 5) is 24.8. The average Bonchev–Trinajstić information content (AvgIpc) is 2.90. The minimum absolute atomic E-state index is 0.0869. The van der Waals surface area contributed by atoms with Gasteiger partial charge in [-0.25, -0.2) is 0 Å². The molecule has 154 valence electrons. The monoisotopic (exact) mass is 402 g/mol. The number of nitrogens with zero attached hydrogens (tertiary/aromatic N) is 4. The van der Waals surface area contributed by atoms with Gasteiger partial charge in [0.05, 0.1) is 22.0 Å². The molecule has 2 N–H and O–H groups in total. The highest BCUT2D eigenvalue weighted by molar-refractivity contribution is 5.44. The fourth-order valence-electron chi connectivity index (χ4n) is 3.42. The molecule has 1 aliphatic heterocycles. The van der Waals surface area contributed by atoms with E-state index in [2.05, 4.69) is 9.80 Å². The maximum Gasteiger partial charge on any atom is 0.273 e. The lowest BCUT2D eigenvalue weighted by molar-refractivity contribution is -0.385. The Labute approximate surface area is 166 Å². The zero-order chi connectivity index (χ0) is 21.0. The second kappa shape index (κ2) is 8.84. The molecule has 0 unspecified atom stereocenters. The molecule has 1 heterocycles. The summed E-state index contributed by atoms with van der Waals surface area (Å²) < 4.78 is 0. The van der Waals surface area contributed by atoms with E-state index in [1.54, 1.807) is 12.1 Å². The summed E-state index contributed by atoms with van der Waals surface area (Å²) in [6.45, 7) is 4.04. The number of phenolic OH excluding ortho intramolecular Hbond substituents is 2. The number of aromatic hydroxyl groups is 2. The quantitative estimate of drug-likeness (QED) is 0.556. The van der Waals surface area contributed by atoms with Crippen LogP contribution in [0.5, 0.6) is 11.5 Å². The SMILES string of the molecule is O=[N+]([O-])c1ccc(CN2CCCN(Cc3ccc([N+](=O)[O-])cc3O)CC2)c(O)c1. The third-order valence-electron chi connectivity index (χ3n) is 5.03. The van der Waals surface area contributed by atoms with Crippen molar-refractivity contribution in [2.24, 2.45) is 0 Å². The van der Waals surface area contributed by atoms with Crippen molar-refractivity contribution < 1.29 is 20.1 Å². The van der Waals surface area contributed by atoms with Gasteiger partial charge < -0.3 is 10.2 Å². The van der Waals surface area contributed by atoms with Crippen molar-refractivity contribution in [1.29, 1.82) is 0 Å². The van der Waals surface area contributed by atoms with Gasteiger partial charge in [0.2, 0.25) is 0 Å². The van der Waals surface area contributed by atoms with E-state index >= 15 is 0 Å². The van der Waals surface area contributed by atoms with Crippen LogP contribution in [-0.2, 0) is 13.1 Å². The number of nitro benzene ring substituents is 2. The molecule has 10 nitrogen and oxygen atoms in total. The summed E-state index contributed by atoms with van der Waals surface area (Å²) >= 11 is 0. The van der Waals surface area contributed by atoms with Crippen LogP contribution in [0.2, 0.25) is 0 Å². The smallest absolute Gasteiger partial charge is 0.273 e. The molecular weight excluding hydrogens is 380 g/mol. The minimum atomic E-state index is -0.541. The first-order valence-electron chi connectivity index (χ1n) is 9.21. The Kier molecular flexibility index (Phi) is 6.25. The summed E-state index contributed by atoms with van der Waals surface area (Å²) in [6.07, 6.45) is 0.876. The summed E-state index contributed by atoms with van der Waals surface area (Å²) in [5.74, 6) is -0.174. The third kappa shape index (κ3) is 5.18. The lowest BCUT2D eigenvalue weighted by atomic mass is 10.1. The Hall–Kier alpha value is -3.24. The lowest BCUT2D eigenvalue weighted by Crippen LogP contribution is -2.30. The summed E-state index contributed by atoms with van der Waals surface area (Å²) in [5.41, 5.74) is 0.988. The molecule has 0 aromatic heterocycles. The van der Waals surface area contributed by atoms with Crippen LogP contribution in [-0.4, -0.2) is 56.0 Å². The molecule has 29 heavy (non-hydrogen) atoms. The third-order valence-corrected chi connectivity index (χ3v) is 5.03. The summed E-state index contributed by atoms with van der Waals surface area (Å²) in [6, 6.07) is 8.25. The summed E-state index contributed by atoms with van der Waals surface area (Å²) in [5, 5.41) is 41.7. The minimum Gasteiger partial charge on any atom is -0.507 e. The molecule has 0 amide bonds. The van der Waals surface area contributed by atoms with Gasteiger partial charge in [0, 0.05) is 49.4 Å². The Bertz CT molecular complexity index is 846. The first-order chi connectivity index (χ1) is 13.8. The number of hydrogen-bond acceptors (Lipinski definition) is 8. The first-order valence-corrected chi connectivity index (χ1v) is 9.21.